The molecule has 5 aromatic carbocycles. The van der Waals surface area contributed by atoms with Crippen molar-refractivity contribution >= 4 is 51.2 Å². The van der Waals surface area contributed by atoms with Gasteiger partial charge in [-0.15, -0.1) is 0 Å². The highest BCUT2D eigenvalue weighted by Gasteiger charge is 2.17. The van der Waals surface area contributed by atoms with Gasteiger partial charge >= 0.3 is 7.69 Å². The monoisotopic (exact) mass is 388 g/mol. The summed E-state index contributed by atoms with van der Waals surface area (Å²) in [6.45, 7) is 0. The molecule has 1 N–H and O–H groups in total. The molecule has 0 amide bonds. The molecule has 0 aliphatic carbocycles. The molecule has 3 nitrogen and oxygen atoms in total. The molecule has 0 bridgehead atoms. The Labute approximate surface area is 173 Å². The summed E-state index contributed by atoms with van der Waals surface area (Å²) in [5.74, 6) is 0.710. The van der Waals surface area contributed by atoms with E-state index in [9.17, 15) is 5.02 Å². The lowest BCUT2D eigenvalue weighted by atomic mass is 9.90. The lowest BCUT2D eigenvalue weighted by Crippen LogP contribution is -2.01. The molecule has 142 valence electrons. The van der Waals surface area contributed by atoms with Crippen LogP contribution < -0.4 is 4.65 Å². The van der Waals surface area contributed by atoms with Gasteiger partial charge in [0.25, 0.3) is 0 Å². The van der Waals surface area contributed by atoms with Crippen LogP contribution in [-0.2, 0) is 0 Å². The minimum Gasteiger partial charge on any atom is -0.538 e. The van der Waals surface area contributed by atoms with Crippen molar-refractivity contribution in [1.82, 2.24) is 0 Å². The largest absolute Gasteiger partial charge is 0.538 e. The first-order valence-electron chi connectivity index (χ1n) is 9.94. The van der Waals surface area contributed by atoms with Gasteiger partial charge in [-0.3, -0.25) is 0 Å². The SMILES string of the molecule is OBOc1c2ccccc2c(-c2ccc3oc4ccccc4c3c2)c2ccccc12. The zero-order chi connectivity index (χ0) is 20.1. The van der Waals surface area contributed by atoms with E-state index in [0.717, 1.165) is 54.6 Å². The van der Waals surface area contributed by atoms with Crippen molar-refractivity contribution in [2.45, 2.75) is 0 Å². The number of para-hydroxylation sites is 1. The molecule has 6 aromatic rings. The molecule has 30 heavy (non-hydrogen) atoms. The average Bonchev–Trinajstić information content (AvgIpc) is 3.17. The molecule has 0 fully saturated rings. The van der Waals surface area contributed by atoms with E-state index in [1.54, 1.807) is 0 Å². The van der Waals surface area contributed by atoms with Crippen LogP contribution in [0.4, 0.5) is 0 Å². The summed E-state index contributed by atoms with van der Waals surface area (Å²) in [5.41, 5.74) is 4.05. The first kappa shape index (κ1) is 17.1. The average molecular weight is 388 g/mol. The fraction of sp³-hybridized carbons (Fsp3) is 0. The van der Waals surface area contributed by atoms with Crippen LogP contribution in [0.3, 0.4) is 0 Å². The summed E-state index contributed by atoms with van der Waals surface area (Å²) in [4.78, 5) is 0. The highest BCUT2D eigenvalue weighted by Crippen LogP contribution is 2.44. The van der Waals surface area contributed by atoms with Gasteiger partial charge in [-0.05, 0) is 40.1 Å². The Balaban J connectivity index is 1.75. The molecule has 4 heteroatoms. The van der Waals surface area contributed by atoms with Gasteiger partial charge in [-0.1, -0.05) is 72.8 Å². The van der Waals surface area contributed by atoms with Gasteiger partial charge in [0.2, 0.25) is 0 Å². The first-order chi connectivity index (χ1) is 14.8. The van der Waals surface area contributed by atoms with Crippen molar-refractivity contribution in [2.75, 3.05) is 0 Å². The summed E-state index contributed by atoms with van der Waals surface area (Å²) in [6, 6.07) is 30.9. The van der Waals surface area contributed by atoms with Gasteiger partial charge < -0.3 is 14.1 Å². The van der Waals surface area contributed by atoms with E-state index in [2.05, 4.69) is 30.3 Å². The lowest BCUT2D eigenvalue weighted by Gasteiger charge is -2.17. The normalized spacial score (nSPS) is 11.5. The van der Waals surface area contributed by atoms with E-state index in [0.29, 0.717) is 5.75 Å². The molecule has 0 saturated heterocycles. The number of hydrogen-bond acceptors (Lipinski definition) is 3. The van der Waals surface area contributed by atoms with E-state index >= 15 is 0 Å². The van der Waals surface area contributed by atoms with Crippen molar-refractivity contribution in [3.05, 3.63) is 91.0 Å². The summed E-state index contributed by atoms with van der Waals surface area (Å²) >= 11 is 0. The molecule has 0 spiro atoms. The van der Waals surface area contributed by atoms with Crippen LogP contribution in [-0.4, -0.2) is 12.7 Å². The third-order valence-corrected chi connectivity index (χ3v) is 5.76. The molecular formula is C26H17BO3. The Hall–Kier alpha value is -3.76. The van der Waals surface area contributed by atoms with Crippen molar-refractivity contribution in [3.8, 4) is 16.9 Å². The van der Waals surface area contributed by atoms with Crippen LogP contribution in [0.5, 0.6) is 5.75 Å². The van der Waals surface area contributed by atoms with Crippen LogP contribution in [0.2, 0.25) is 0 Å². The number of hydrogen-bond donors (Lipinski definition) is 1. The first-order valence-corrected chi connectivity index (χ1v) is 9.94. The highest BCUT2D eigenvalue weighted by molar-refractivity contribution is 6.23. The van der Waals surface area contributed by atoms with Gasteiger partial charge in [0, 0.05) is 21.5 Å². The quantitative estimate of drug-likeness (QED) is 0.290. The van der Waals surface area contributed by atoms with Crippen LogP contribution in [0.15, 0.2) is 95.4 Å². The van der Waals surface area contributed by atoms with Gasteiger partial charge in [0.05, 0.1) is 0 Å². The van der Waals surface area contributed by atoms with Crippen LogP contribution >= 0.6 is 0 Å². The lowest BCUT2D eigenvalue weighted by molar-refractivity contribution is 0.459. The molecule has 1 heterocycles. The molecule has 0 atom stereocenters. The van der Waals surface area contributed by atoms with Crippen molar-refractivity contribution in [2.24, 2.45) is 0 Å². The summed E-state index contributed by atoms with van der Waals surface area (Å²) in [6.07, 6.45) is 0. The minimum absolute atomic E-state index is 0.361. The van der Waals surface area contributed by atoms with Crippen LogP contribution in [0.1, 0.15) is 0 Å². The zero-order valence-electron chi connectivity index (χ0n) is 16.1. The molecule has 1 aromatic heterocycles. The highest BCUT2D eigenvalue weighted by atomic mass is 16.5. The van der Waals surface area contributed by atoms with E-state index < -0.39 is 0 Å². The Kier molecular flexibility index (Phi) is 3.80. The second kappa shape index (κ2) is 6.65. The Morgan fingerprint density at radius 2 is 1.17 bits per heavy atom. The Morgan fingerprint density at radius 3 is 1.83 bits per heavy atom. The van der Waals surface area contributed by atoms with E-state index in [-0.39, 0.29) is 7.69 Å². The molecule has 0 aliphatic heterocycles. The second-order valence-electron chi connectivity index (χ2n) is 7.38. The third kappa shape index (κ3) is 2.44. The molecule has 0 unspecified atom stereocenters. The fourth-order valence-corrected chi connectivity index (χ4v) is 4.50. The van der Waals surface area contributed by atoms with E-state index in [4.69, 9.17) is 9.07 Å². The van der Waals surface area contributed by atoms with E-state index in [1.165, 1.54) is 0 Å². The smallest absolute Gasteiger partial charge is 0.504 e. The topological polar surface area (TPSA) is 42.6 Å². The molecule has 0 saturated carbocycles. The minimum atomic E-state index is -0.361. The third-order valence-electron chi connectivity index (χ3n) is 5.76. The van der Waals surface area contributed by atoms with Crippen LogP contribution in [0.25, 0.3) is 54.6 Å². The summed E-state index contributed by atoms with van der Waals surface area (Å²) in [7, 11) is -0.361. The predicted octanol–water partition coefficient (Wildman–Crippen LogP) is 6.20. The fourth-order valence-electron chi connectivity index (χ4n) is 4.50. The molecule has 0 aliphatic rings. The maximum atomic E-state index is 9.49. The van der Waals surface area contributed by atoms with Crippen LogP contribution in [0, 0.1) is 0 Å². The molecule has 6 rings (SSSR count). The van der Waals surface area contributed by atoms with Gasteiger partial charge in [0.15, 0.2) is 0 Å². The standard InChI is InChI=1S/C26H17BO3/c28-27-30-26-20-10-3-1-8-18(20)25(19-9-2-4-11-21(19)26)16-13-14-24-22(15-16)17-7-5-6-12-23(17)29-24/h1-15,27-28H. The Morgan fingerprint density at radius 1 is 0.600 bits per heavy atom. The van der Waals surface area contributed by atoms with Crippen molar-refractivity contribution < 1.29 is 14.1 Å². The molecule has 0 radical (unpaired) electrons. The molecular weight excluding hydrogens is 371 g/mol. The zero-order valence-corrected chi connectivity index (χ0v) is 16.1. The van der Waals surface area contributed by atoms with E-state index in [1.807, 2.05) is 60.7 Å². The summed E-state index contributed by atoms with van der Waals surface area (Å²) in [5, 5.41) is 15.9. The summed E-state index contributed by atoms with van der Waals surface area (Å²) < 4.78 is 11.7. The number of fused-ring (bicyclic) bond motifs is 5. The van der Waals surface area contributed by atoms with Crippen molar-refractivity contribution in [3.63, 3.8) is 0 Å². The maximum Gasteiger partial charge on any atom is 0.504 e. The Bertz CT molecular complexity index is 1510. The predicted molar refractivity (Wildman–Crippen MR) is 124 cm³/mol. The second-order valence-corrected chi connectivity index (χ2v) is 7.38. The van der Waals surface area contributed by atoms with Gasteiger partial charge in [-0.2, -0.15) is 0 Å². The number of benzene rings is 5. The number of furan rings is 1. The maximum absolute atomic E-state index is 9.49. The number of rotatable bonds is 3. The van der Waals surface area contributed by atoms with Gasteiger partial charge in [-0.25, -0.2) is 0 Å². The van der Waals surface area contributed by atoms with Crippen molar-refractivity contribution in [1.29, 1.82) is 0 Å². The van der Waals surface area contributed by atoms with Gasteiger partial charge in [0.1, 0.15) is 16.9 Å².